The van der Waals surface area contributed by atoms with Gasteiger partial charge >= 0.3 is 0 Å². The number of rotatable bonds is 6. The molecule has 0 radical (unpaired) electrons. The lowest BCUT2D eigenvalue weighted by Gasteiger charge is -2.28. The Kier molecular flexibility index (Phi) is 8.52. The summed E-state index contributed by atoms with van der Waals surface area (Å²) >= 11 is 0. The van der Waals surface area contributed by atoms with Crippen LogP contribution in [0.15, 0.2) is 146 Å². The van der Waals surface area contributed by atoms with Crippen molar-refractivity contribution in [1.82, 2.24) is 0 Å². The molecule has 2 nitrogen and oxygen atoms in total. The van der Waals surface area contributed by atoms with Crippen molar-refractivity contribution in [3.63, 3.8) is 0 Å². The maximum absolute atomic E-state index is 2.38. The molecule has 0 spiro atoms. The van der Waals surface area contributed by atoms with Gasteiger partial charge in [-0.25, -0.2) is 0 Å². The normalized spacial score (nSPS) is 12.0. The lowest BCUT2D eigenvalue weighted by Crippen LogP contribution is -2.13. The molecule has 0 aromatic heterocycles. The highest BCUT2D eigenvalue weighted by Crippen LogP contribution is 2.43. The molecule has 7 aromatic rings. The largest absolute Gasteiger partial charge is 0.310 e. The summed E-state index contributed by atoms with van der Waals surface area (Å²) in [5.41, 5.74) is 12.4. The summed E-state index contributed by atoms with van der Waals surface area (Å²) in [5.74, 6) is 0. The van der Waals surface area contributed by atoms with Crippen molar-refractivity contribution in [2.24, 2.45) is 0 Å². The average molecular weight is 653 g/mol. The molecule has 250 valence electrons. The van der Waals surface area contributed by atoms with Gasteiger partial charge in [-0.15, -0.1) is 0 Å². The number of aryl methyl sites for hydroxylation is 2. The van der Waals surface area contributed by atoms with E-state index in [1.165, 1.54) is 43.8 Å². The van der Waals surface area contributed by atoms with Crippen LogP contribution < -0.4 is 9.80 Å². The van der Waals surface area contributed by atoms with E-state index >= 15 is 0 Å². The number of para-hydroxylation sites is 2. The van der Waals surface area contributed by atoms with Crippen LogP contribution in [-0.2, 0) is 10.8 Å². The van der Waals surface area contributed by atoms with Gasteiger partial charge in [-0.2, -0.15) is 0 Å². The molecule has 0 amide bonds. The summed E-state index contributed by atoms with van der Waals surface area (Å²) < 4.78 is 0. The lowest BCUT2D eigenvalue weighted by atomic mass is 9.87. The molecular weight excluding hydrogens is 605 g/mol. The Bertz CT molecular complexity index is 2100. The Labute approximate surface area is 298 Å². The molecule has 0 atom stereocenters. The zero-order valence-electron chi connectivity index (χ0n) is 30.8. The SMILES string of the molecule is Cc1c(C)c2cc(N(c3ccccc3)c3ccc(C(C)(C)C)cc3)ccc2c2ccc(N(c3ccccc3)c3ccc(C(C)(C)C)cc3)cc12. The van der Waals surface area contributed by atoms with E-state index in [-0.39, 0.29) is 10.8 Å². The van der Waals surface area contributed by atoms with Crippen molar-refractivity contribution >= 4 is 55.7 Å². The Balaban J connectivity index is 1.35. The highest BCUT2D eigenvalue weighted by atomic mass is 15.1. The standard InChI is InChI=1S/C48H48N2/c1-33-34(2)46-32-42(50(38-17-13-10-14-18-38)40-25-21-36(22-26-40)48(6,7)8)28-30-44(46)43-29-27-41(31-45(33)43)49(37-15-11-9-12-16-37)39-23-19-35(20-24-39)47(3,4)5/h9-32H,1-8H3. The van der Waals surface area contributed by atoms with Gasteiger partial charge in [-0.05, 0) is 141 Å². The summed E-state index contributed by atoms with van der Waals surface area (Å²) in [6.07, 6.45) is 0. The summed E-state index contributed by atoms with van der Waals surface area (Å²) in [4.78, 5) is 4.74. The van der Waals surface area contributed by atoms with Gasteiger partial charge in [0, 0.05) is 34.1 Å². The van der Waals surface area contributed by atoms with Crippen LogP contribution in [0.4, 0.5) is 34.1 Å². The van der Waals surface area contributed by atoms with Gasteiger partial charge in [-0.1, -0.05) is 114 Å². The fourth-order valence-corrected chi connectivity index (χ4v) is 7.11. The second-order valence-corrected chi connectivity index (χ2v) is 15.6. The number of hydrogen-bond donors (Lipinski definition) is 0. The van der Waals surface area contributed by atoms with Crippen molar-refractivity contribution < 1.29 is 0 Å². The van der Waals surface area contributed by atoms with Crippen molar-refractivity contribution in [3.05, 3.63) is 168 Å². The maximum atomic E-state index is 2.38. The van der Waals surface area contributed by atoms with Gasteiger partial charge in [0.15, 0.2) is 0 Å². The minimum atomic E-state index is 0.101. The Hall–Kier alpha value is -5.34. The predicted octanol–water partition coefficient (Wildman–Crippen LogP) is 14.1. The number of benzene rings is 7. The van der Waals surface area contributed by atoms with Crippen LogP contribution in [-0.4, -0.2) is 0 Å². The lowest BCUT2D eigenvalue weighted by molar-refractivity contribution is 0.590. The molecule has 0 saturated carbocycles. The van der Waals surface area contributed by atoms with Gasteiger partial charge in [-0.3, -0.25) is 0 Å². The zero-order chi connectivity index (χ0) is 35.2. The van der Waals surface area contributed by atoms with Gasteiger partial charge in [0.25, 0.3) is 0 Å². The molecule has 0 N–H and O–H groups in total. The molecule has 0 unspecified atom stereocenters. The summed E-state index contributed by atoms with van der Waals surface area (Å²) in [5, 5.41) is 5.11. The molecule has 0 aliphatic heterocycles. The third-order valence-corrected chi connectivity index (χ3v) is 10.2. The van der Waals surface area contributed by atoms with Crippen LogP contribution in [0.5, 0.6) is 0 Å². The molecule has 0 saturated heterocycles. The molecule has 0 bridgehead atoms. The summed E-state index contributed by atoms with van der Waals surface area (Å²) in [7, 11) is 0. The summed E-state index contributed by atoms with van der Waals surface area (Å²) in [6, 6.07) is 53.4. The minimum Gasteiger partial charge on any atom is -0.310 e. The second-order valence-electron chi connectivity index (χ2n) is 15.6. The zero-order valence-corrected chi connectivity index (χ0v) is 30.8. The van der Waals surface area contributed by atoms with E-state index in [9.17, 15) is 0 Å². The maximum Gasteiger partial charge on any atom is 0.0468 e. The number of nitrogens with zero attached hydrogens (tertiary/aromatic N) is 2. The fourth-order valence-electron chi connectivity index (χ4n) is 7.11. The highest BCUT2D eigenvalue weighted by Gasteiger charge is 2.20. The third kappa shape index (κ3) is 6.27. The predicted molar refractivity (Wildman–Crippen MR) is 218 cm³/mol. The van der Waals surface area contributed by atoms with E-state index in [0.717, 1.165) is 34.1 Å². The Morgan fingerprint density at radius 1 is 0.320 bits per heavy atom. The van der Waals surface area contributed by atoms with E-state index in [0.29, 0.717) is 0 Å². The molecule has 7 aromatic carbocycles. The van der Waals surface area contributed by atoms with Crippen LogP contribution in [0.1, 0.15) is 63.8 Å². The first-order valence-corrected chi connectivity index (χ1v) is 17.8. The van der Waals surface area contributed by atoms with Gasteiger partial charge in [0.2, 0.25) is 0 Å². The van der Waals surface area contributed by atoms with Crippen LogP contribution in [0.3, 0.4) is 0 Å². The van der Waals surface area contributed by atoms with E-state index in [4.69, 9.17) is 0 Å². The smallest absolute Gasteiger partial charge is 0.0468 e. The van der Waals surface area contributed by atoms with Crippen LogP contribution in [0.25, 0.3) is 21.5 Å². The quantitative estimate of drug-likeness (QED) is 0.165. The first-order valence-electron chi connectivity index (χ1n) is 17.8. The molecule has 0 aliphatic rings. The monoisotopic (exact) mass is 652 g/mol. The highest BCUT2D eigenvalue weighted by molar-refractivity contribution is 6.12. The minimum absolute atomic E-state index is 0.101. The van der Waals surface area contributed by atoms with Gasteiger partial charge in [0.1, 0.15) is 0 Å². The topological polar surface area (TPSA) is 6.48 Å². The second kappa shape index (κ2) is 12.8. The molecule has 0 fully saturated rings. The molecular formula is C48H48N2. The van der Waals surface area contributed by atoms with Crippen molar-refractivity contribution in [2.75, 3.05) is 9.80 Å². The molecule has 50 heavy (non-hydrogen) atoms. The molecule has 0 heterocycles. The van der Waals surface area contributed by atoms with Crippen molar-refractivity contribution in [1.29, 1.82) is 0 Å². The van der Waals surface area contributed by atoms with Gasteiger partial charge < -0.3 is 9.80 Å². The molecule has 2 heteroatoms. The summed E-state index contributed by atoms with van der Waals surface area (Å²) in [6.45, 7) is 18.1. The molecule has 7 rings (SSSR count). The van der Waals surface area contributed by atoms with Crippen LogP contribution in [0.2, 0.25) is 0 Å². The van der Waals surface area contributed by atoms with E-state index in [2.05, 4.69) is 211 Å². The van der Waals surface area contributed by atoms with Crippen LogP contribution in [0, 0.1) is 13.8 Å². The Morgan fingerprint density at radius 3 is 0.940 bits per heavy atom. The third-order valence-electron chi connectivity index (χ3n) is 10.2. The van der Waals surface area contributed by atoms with E-state index < -0.39 is 0 Å². The van der Waals surface area contributed by atoms with Crippen molar-refractivity contribution in [2.45, 2.75) is 66.2 Å². The van der Waals surface area contributed by atoms with E-state index in [1.807, 2.05) is 0 Å². The number of fused-ring (bicyclic) bond motifs is 3. The molecule has 0 aliphatic carbocycles. The van der Waals surface area contributed by atoms with Crippen molar-refractivity contribution in [3.8, 4) is 0 Å². The first kappa shape index (κ1) is 33.2. The Morgan fingerprint density at radius 2 is 0.620 bits per heavy atom. The number of anilines is 6. The van der Waals surface area contributed by atoms with Crippen LogP contribution >= 0.6 is 0 Å². The number of hydrogen-bond acceptors (Lipinski definition) is 2. The average Bonchev–Trinajstić information content (AvgIpc) is 3.11. The van der Waals surface area contributed by atoms with E-state index in [1.54, 1.807) is 0 Å². The fraction of sp³-hybridized carbons (Fsp3) is 0.208. The first-order chi connectivity index (χ1) is 23.9. The van der Waals surface area contributed by atoms with Gasteiger partial charge in [0.05, 0.1) is 0 Å².